The van der Waals surface area contributed by atoms with Crippen LogP contribution in [-0.2, 0) is 40.4 Å². The summed E-state index contributed by atoms with van der Waals surface area (Å²) in [6, 6.07) is 8.83. The van der Waals surface area contributed by atoms with E-state index in [0.717, 1.165) is 49.8 Å². The molecular weight excluding hydrogens is 374 g/mol. The number of benzene rings is 2. The molecule has 6 nitrogen and oxygen atoms in total. The standard InChI is InChI=1S/C21H25N3O3S/c1-14-9-11-17(12-10-14)28(26,24-27-2)23-21(25)22-20-18-7-3-5-15(18)13-16-6-4-8-19(16)20/h9-13H,3-8H2,1-2H3,(H2,22,23,24,25,26). The van der Waals surface area contributed by atoms with Gasteiger partial charge in [-0.1, -0.05) is 28.3 Å². The summed E-state index contributed by atoms with van der Waals surface area (Å²) < 4.78 is 19.6. The molecule has 1 atom stereocenters. The minimum Gasteiger partial charge on any atom is -0.307 e. The number of amides is 2. The van der Waals surface area contributed by atoms with Crippen LogP contribution >= 0.6 is 0 Å². The number of hydrogen-bond donors (Lipinski definition) is 2. The lowest BCUT2D eigenvalue weighted by Gasteiger charge is -2.17. The van der Waals surface area contributed by atoms with Crippen LogP contribution in [0.15, 0.2) is 39.8 Å². The molecule has 2 aromatic carbocycles. The average Bonchev–Trinajstić information content (AvgIpc) is 3.31. The van der Waals surface area contributed by atoms with E-state index in [-0.39, 0.29) is 0 Å². The number of anilines is 1. The highest BCUT2D eigenvalue weighted by atomic mass is 32.2. The molecule has 28 heavy (non-hydrogen) atoms. The maximum atomic E-state index is 13.3. The van der Waals surface area contributed by atoms with Gasteiger partial charge in [0, 0.05) is 5.69 Å². The van der Waals surface area contributed by atoms with E-state index in [2.05, 4.69) is 20.6 Å². The SMILES string of the molecule is CON=S(=O)(NC(=O)Nc1c2c(cc3c1CCC3)CCC2)c1ccc(C)cc1. The Morgan fingerprint density at radius 2 is 1.64 bits per heavy atom. The van der Waals surface area contributed by atoms with Gasteiger partial charge in [-0.05, 0) is 79.8 Å². The second kappa shape index (κ2) is 7.56. The van der Waals surface area contributed by atoms with Crippen molar-refractivity contribution in [2.45, 2.75) is 50.3 Å². The first kappa shape index (κ1) is 19.0. The Labute approximate surface area is 166 Å². The van der Waals surface area contributed by atoms with Crippen LogP contribution in [0.2, 0.25) is 0 Å². The van der Waals surface area contributed by atoms with E-state index >= 15 is 0 Å². The van der Waals surface area contributed by atoms with Crippen LogP contribution in [0, 0.1) is 6.92 Å². The lowest BCUT2D eigenvalue weighted by molar-refractivity contribution is 0.217. The highest BCUT2D eigenvalue weighted by Gasteiger charge is 2.26. The average molecular weight is 400 g/mol. The fraction of sp³-hybridized carbons (Fsp3) is 0.381. The van der Waals surface area contributed by atoms with Gasteiger partial charge >= 0.3 is 6.03 Å². The maximum absolute atomic E-state index is 13.3. The zero-order valence-corrected chi connectivity index (χ0v) is 17.0. The molecule has 2 aromatic rings. The largest absolute Gasteiger partial charge is 0.332 e. The van der Waals surface area contributed by atoms with E-state index in [4.69, 9.17) is 4.84 Å². The lowest BCUT2D eigenvalue weighted by atomic mass is 9.99. The van der Waals surface area contributed by atoms with Gasteiger partial charge < -0.3 is 5.32 Å². The number of carbonyl (C=O) groups excluding carboxylic acids is 1. The van der Waals surface area contributed by atoms with E-state index in [0.29, 0.717) is 4.90 Å². The lowest BCUT2D eigenvalue weighted by Crippen LogP contribution is -2.35. The summed E-state index contributed by atoms with van der Waals surface area (Å²) in [4.78, 5) is 18.0. The van der Waals surface area contributed by atoms with Gasteiger partial charge in [-0.3, -0.25) is 0 Å². The van der Waals surface area contributed by atoms with Crippen LogP contribution < -0.4 is 10.0 Å². The minimum atomic E-state index is -3.24. The third kappa shape index (κ3) is 3.52. The summed E-state index contributed by atoms with van der Waals surface area (Å²) >= 11 is 0. The summed E-state index contributed by atoms with van der Waals surface area (Å²) in [6.45, 7) is 1.94. The smallest absolute Gasteiger partial charge is 0.307 e. The van der Waals surface area contributed by atoms with Crippen molar-refractivity contribution in [3.63, 3.8) is 0 Å². The van der Waals surface area contributed by atoms with Crippen LogP contribution in [0.1, 0.15) is 40.7 Å². The van der Waals surface area contributed by atoms with Crippen molar-refractivity contribution in [2.24, 2.45) is 4.53 Å². The predicted octanol–water partition coefficient (Wildman–Crippen LogP) is 4.10. The Bertz CT molecular complexity index is 1010. The molecule has 2 aliphatic carbocycles. The first-order valence-electron chi connectivity index (χ1n) is 9.62. The molecule has 0 aromatic heterocycles. The van der Waals surface area contributed by atoms with Gasteiger partial charge in [-0.2, -0.15) is 0 Å². The zero-order valence-electron chi connectivity index (χ0n) is 16.2. The summed E-state index contributed by atoms with van der Waals surface area (Å²) in [6.07, 6.45) is 6.25. The van der Waals surface area contributed by atoms with Crippen molar-refractivity contribution in [1.29, 1.82) is 0 Å². The Kier molecular flexibility index (Phi) is 5.12. The molecule has 4 rings (SSSR count). The normalized spacial score (nSPS) is 16.8. The molecule has 0 aliphatic heterocycles. The Morgan fingerprint density at radius 3 is 2.21 bits per heavy atom. The van der Waals surface area contributed by atoms with Gasteiger partial charge in [-0.15, -0.1) is 0 Å². The molecule has 0 saturated carbocycles. The van der Waals surface area contributed by atoms with Crippen LogP contribution in [0.4, 0.5) is 10.5 Å². The number of aryl methyl sites for hydroxylation is 3. The predicted molar refractivity (Wildman–Crippen MR) is 110 cm³/mol. The summed E-state index contributed by atoms with van der Waals surface area (Å²) in [5.74, 6) is 0. The van der Waals surface area contributed by atoms with Gasteiger partial charge in [0.2, 0.25) is 0 Å². The van der Waals surface area contributed by atoms with Crippen LogP contribution in [-0.4, -0.2) is 17.3 Å². The van der Waals surface area contributed by atoms with Crippen molar-refractivity contribution in [3.8, 4) is 0 Å². The van der Waals surface area contributed by atoms with Crippen molar-refractivity contribution >= 4 is 21.6 Å². The molecule has 2 amide bonds. The van der Waals surface area contributed by atoms with E-state index in [9.17, 15) is 9.00 Å². The Morgan fingerprint density at radius 1 is 1.04 bits per heavy atom. The number of hydrogen-bond acceptors (Lipinski definition) is 4. The molecule has 7 heteroatoms. The third-order valence-corrected chi connectivity index (χ3v) is 7.19. The molecule has 0 bridgehead atoms. The first-order valence-corrected chi connectivity index (χ1v) is 11.1. The van der Waals surface area contributed by atoms with Gasteiger partial charge in [-0.25, -0.2) is 18.6 Å². The van der Waals surface area contributed by atoms with E-state index in [1.54, 1.807) is 12.1 Å². The van der Waals surface area contributed by atoms with Crippen LogP contribution in [0.5, 0.6) is 0 Å². The molecule has 148 valence electrons. The molecule has 0 heterocycles. The van der Waals surface area contributed by atoms with Gasteiger partial charge in [0.1, 0.15) is 0 Å². The Balaban J connectivity index is 1.63. The number of nitrogens with one attached hydrogen (secondary N) is 2. The molecule has 0 fully saturated rings. The summed E-state index contributed by atoms with van der Waals surface area (Å²) in [5.41, 5.74) is 7.04. The van der Waals surface area contributed by atoms with Gasteiger partial charge in [0.05, 0.1) is 12.0 Å². The van der Waals surface area contributed by atoms with Crippen LogP contribution in [0.3, 0.4) is 0 Å². The van der Waals surface area contributed by atoms with Gasteiger partial charge in [0.15, 0.2) is 9.92 Å². The van der Waals surface area contributed by atoms with Crippen molar-refractivity contribution in [1.82, 2.24) is 4.72 Å². The summed E-state index contributed by atoms with van der Waals surface area (Å²) in [5, 5.41) is 2.99. The highest BCUT2D eigenvalue weighted by Crippen LogP contribution is 2.38. The number of fused-ring (bicyclic) bond motifs is 2. The van der Waals surface area contributed by atoms with E-state index < -0.39 is 15.9 Å². The van der Waals surface area contributed by atoms with Gasteiger partial charge in [0.25, 0.3) is 0 Å². The number of urea groups is 1. The molecule has 0 spiro atoms. The molecule has 0 saturated heterocycles. The molecular formula is C21H25N3O3S. The molecule has 2 aliphatic rings. The number of rotatable bonds is 4. The fourth-order valence-corrected chi connectivity index (χ4v) is 5.44. The van der Waals surface area contributed by atoms with Crippen molar-refractivity contribution in [3.05, 3.63) is 58.1 Å². The topological polar surface area (TPSA) is 79.8 Å². The van der Waals surface area contributed by atoms with Crippen molar-refractivity contribution in [2.75, 3.05) is 12.4 Å². The second-order valence-electron chi connectivity index (χ2n) is 7.39. The third-order valence-electron chi connectivity index (χ3n) is 5.46. The number of carbonyl (C=O) groups is 1. The monoisotopic (exact) mass is 399 g/mol. The quantitative estimate of drug-likeness (QED) is 0.760. The van der Waals surface area contributed by atoms with Crippen molar-refractivity contribution < 1.29 is 13.8 Å². The highest BCUT2D eigenvalue weighted by molar-refractivity contribution is 7.92. The summed E-state index contributed by atoms with van der Waals surface area (Å²) in [7, 11) is -1.92. The number of nitrogens with zero attached hydrogens (tertiary/aromatic N) is 1. The maximum Gasteiger partial charge on any atom is 0.332 e. The second-order valence-corrected chi connectivity index (χ2v) is 9.26. The minimum absolute atomic E-state index is 0.401. The molecule has 1 unspecified atom stereocenters. The molecule has 0 radical (unpaired) electrons. The zero-order chi connectivity index (χ0) is 19.7. The Hall–Kier alpha value is -2.38. The van der Waals surface area contributed by atoms with E-state index in [1.165, 1.54) is 29.4 Å². The fourth-order valence-electron chi connectivity index (χ4n) is 4.18. The van der Waals surface area contributed by atoms with E-state index in [1.807, 2.05) is 19.1 Å². The first-order chi connectivity index (χ1) is 13.5. The molecule has 2 N–H and O–H groups in total. The van der Waals surface area contributed by atoms with Crippen LogP contribution in [0.25, 0.3) is 0 Å².